The Morgan fingerprint density at radius 1 is 1.30 bits per heavy atom. The first-order valence-electron chi connectivity index (χ1n) is 7.01. The molecule has 0 saturated carbocycles. The molecule has 1 fully saturated rings. The molecular formula is C14H22N6. The summed E-state index contributed by atoms with van der Waals surface area (Å²) in [5, 5.41) is 21.0. The van der Waals surface area contributed by atoms with E-state index in [0.29, 0.717) is 11.4 Å². The summed E-state index contributed by atoms with van der Waals surface area (Å²) in [6, 6.07) is 2.26. The van der Waals surface area contributed by atoms with Gasteiger partial charge in [-0.1, -0.05) is 0 Å². The number of aryl methyl sites for hydroxylation is 1. The van der Waals surface area contributed by atoms with Crippen LogP contribution in [0.15, 0.2) is 0 Å². The van der Waals surface area contributed by atoms with Gasteiger partial charge in [-0.25, -0.2) is 0 Å². The first-order chi connectivity index (χ1) is 9.63. The molecule has 0 amide bonds. The van der Waals surface area contributed by atoms with E-state index in [-0.39, 0.29) is 0 Å². The third-order valence-corrected chi connectivity index (χ3v) is 3.87. The number of hydrogen-bond donors (Lipinski definition) is 1. The normalized spacial score (nSPS) is 15.9. The maximum atomic E-state index is 9.33. The second kappa shape index (κ2) is 6.64. The minimum atomic E-state index is 0.639. The van der Waals surface area contributed by atoms with Gasteiger partial charge < -0.3 is 10.2 Å². The van der Waals surface area contributed by atoms with Crippen molar-refractivity contribution in [1.82, 2.24) is 20.4 Å². The highest BCUT2D eigenvalue weighted by molar-refractivity contribution is 5.57. The predicted molar refractivity (Wildman–Crippen MR) is 78.8 cm³/mol. The molecule has 0 bridgehead atoms. The number of likely N-dealkylation sites (N-methyl/N-ethyl adjacent to an activating group) is 1. The van der Waals surface area contributed by atoms with E-state index in [9.17, 15) is 5.26 Å². The zero-order chi connectivity index (χ0) is 14.5. The van der Waals surface area contributed by atoms with Crippen molar-refractivity contribution >= 4 is 5.82 Å². The van der Waals surface area contributed by atoms with Gasteiger partial charge in [0.05, 0.1) is 5.69 Å². The van der Waals surface area contributed by atoms with E-state index in [2.05, 4.69) is 26.5 Å². The largest absolute Gasteiger partial charge is 0.356 e. The highest BCUT2D eigenvalue weighted by atomic mass is 15.3. The van der Waals surface area contributed by atoms with Crippen molar-refractivity contribution in [2.45, 2.75) is 13.8 Å². The first-order valence-corrected chi connectivity index (χ1v) is 7.01. The van der Waals surface area contributed by atoms with Gasteiger partial charge in [0.15, 0.2) is 5.82 Å². The topological polar surface area (TPSA) is 68.1 Å². The predicted octanol–water partition coefficient (Wildman–Crippen LogP) is 0.307. The molecular weight excluding hydrogens is 252 g/mol. The summed E-state index contributed by atoms with van der Waals surface area (Å²) in [5.74, 6) is 0.686. The number of nitrogens with zero attached hydrogens (tertiary/aromatic N) is 5. The molecule has 1 aliphatic heterocycles. The van der Waals surface area contributed by atoms with Crippen LogP contribution in [0.25, 0.3) is 0 Å². The third-order valence-electron chi connectivity index (χ3n) is 3.87. The fourth-order valence-corrected chi connectivity index (χ4v) is 2.33. The van der Waals surface area contributed by atoms with Gasteiger partial charge in [-0.05, 0) is 19.4 Å². The van der Waals surface area contributed by atoms with Gasteiger partial charge >= 0.3 is 0 Å². The van der Waals surface area contributed by atoms with Crippen LogP contribution in [0.5, 0.6) is 0 Å². The second-order valence-electron chi connectivity index (χ2n) is 5.23. The van der Waals surface area contributed by atoms with Gasteiger partial charge in [0.2, 0.25) is 0 Å². The molecule has 20 heavy (non-hydrogen) atoms. The van der Waals surface area contributed by atoms with Crippen LogP contribution in [0, 0.1) is 25.2 Å². The van der Waals surface area contributed by atoms with Crippen LogP contribution in [0.1, 0.15) is 16.8 Å². The van der Waals surface area contributed by atoms with Gasteiger partial charge in [0, 0.05) is 46.3 Å². The highest BCUT2D eigenvalue weighted by Gasteiger charge is 2.16. The lowest BCUT2D eigenvalue weighted by Crippen LogP contribution is -2.46. The van der Waals surface area contributed by atoms with Crippen LogP contribution in [-0.4, -0.2) is 61.4 Å². The fourth-order valence-electron chi connectivity index (χ4n) is 2.33. The lowest BCUT2D eigenvalue weighted by Gasteiger charge is -2.29. The number of nitriles is 1. The summed E-state index contributed by atoms with van der Waals surface area (Å²) in [5.41, 5.74) is 2.38. The minimum Gasteiger partial charge on any atom is -0.356 e. The molecule has 0 unspecified atom stereocenters. The summed E-state index contributed by atoms with van der Waals surface area (Å²) in [6.07, 6.45) is 0. The SMILES string of the molecule is Cc1nnc(N(C)CCN2CCNCC2)c(C#N)c1C. The quantitative estimate of drug-likeness (QED) is 0.852. The van der Waals surface area contributed by atoms with Crippen LogP contribution >= 0.6 is 0 Å². The molecule has 0 radical (unpaired) electrons. The average molecular weight is 274 g/mol. The van der Waals surface area contributed by atoms with Crippen LogP contribution in [-0.2, 0) is 0 Å². The van der Waals surface area contributed by atoms with Crippen molar-refractivity contribution in [2.75, 3.05) is 51.2 Å². The van der Waals surface area contributed by atoms with Gasteiger partial charge in [-0.15, -0.1) is 5.10 Å². The summed E-state index contributed by atoms with van der Waals surface area (Å²) in [6.45, 7) is 9.91. The Morgan fingerprint density at radius 3 is 2.65 bits per heavy atom. The number of rotatable bonds is 4. The third kappa shape index (κ3) is 3.24. The molecule has 6 nitrogen and oxygen atoms in total. The molecule has 1 aromatic rings. The molecule has 1 aromatic heterocycles. The summed E-state index contributed by atoms with van der Waals surface area (Å²) in [7, 11) is 1.97. The lowest BCUT2D eigenvalue weighted by atomic mass is 10.1. The monoisotopic (exact) mass is 274 g/mol. The Balaban J connectivity index is 2.03. The van der Waals surface area contributed by atoms with E-state index in [1.54, 1.807) is 0 Å². The van der Waals surface area contributed by atoms with Gasteiger partial charge in [0.1, 0.15) is 11.6 Å². The fraction of sp³-hybridized carbons (Fsp3) is 0.643. The first kappa shape index (κ1) is 14.7. The highest BCUT2D eigenvalue weighted by Crippen LogP contribution is 2.19. The Morgan fingerprint density at radius 2 is 2.00 bits per heavy atom. The molecule has 1 aliphatic rings. The summed E-state index contributed by atoms with van der Waals surface area (Å²) >= 11 is 0. The van der Waals surface area contributed by atoms with E-state index >= 15 is 0 Å². The second-order valence-corrected chi connectivity index (χ2v) is 5.23. The molecule has 1 N–H and O–H groups in total. The van der Waals surface area contributed by atoms with Crippen LogP contribution in [0.3, 0.4) is 0 Å². The maximum Gasteiger partial charge on any atom is 0.169 e. The Hall–Kier alpha value is -1.71. The lowest BCUT2D eigenvalue weighted by molar-refractivity contribution is 0.246. The number of piperazine rings is 1. The van der Waals surface area contributed by atoms with Crippen molar-refractivity contribution in [1.29, 1.82) is 5.26 Å². The van der Waals surface area contributed by atoms with Crippen LogP contribution in [0.4, 0.5) is 5.82 Å². The molecule has 2 rings (SSSR count). The Labute approximate surface area is 120 Å². The van der Waals surface area contributed by atoms with E-state index in [4.69, 9.17) is 0 Å². The van der Waals surface area contributed by atoms with Gasteiger partial charge in [-0.3, -0.25) is 4.90 Å². The van der Waals surface area contributed by atoms with E-state index in [0.717, 1.165) is 50.5 Å². The molecule has 2 heterocycles. The maximum absolute atomic E-state index is 9.33. The molecule has 1 saturated heterocycles. The van der Waals surface area contributed by atoms with Gasteiger partial charge in [-0.2, -0.15) is 10.4 Å². The summed E-state index contributed by atoms with van der Waals surface area (Å²) < 4.78 is 0. The number of anilines is 1. The van der Waals surface area contributed by atoms with Gasteiger partial charge in [0.25, 0.3) is 0 Å². The number of hydrogen-bond acceptors (Lipinski definition) is 6. The number of aromatic nitrogens is 2. The van der Waals surface area contributed by atoms with Crippen molar-refractivity contribution < 1.29 is 0 Å². The minimum absolute atomic E-state index is 0.639. The van der Waals surface area contributed by atoms with Crippen molar-refractivity contribution in [2.24, 2.45) is 0 Å². The average Bonchev–Trinajstić information content (AvgIpc) is 2.48. The van der Waals surface area contributed by atoms with Crippen molar-refractivity contribution in [3.63, 3.8) is 0 Å². The Kier molecular flexibility index (Phi) is 4.88. The van der Waals surface area contributed by atoms with Crippen LogP contribution in [0.2, 0.25) is 0 Å². The molecule has 108 valence electrons. The standard InChI is InChI=1S/C14H22N6/c1-11-12(2)17-18-14(13(11)10-15)19(3)8-9-20-6-4-16-5-7-20/h16H,4-9H2,1-3H3. The van der Waals surface area contributed by atoms with E-state index < -0.39 is 0 Å². The molecule has 0 spiro atoms. The van der Waals surface area contributed by atoms with E-state index in [1.165, 1.54) is 0 Å². The zero-order valence-corrected chi connectivity index (χ0v) is 12.5. The zero-order valence-electron chi connectivity index (χ0n) is 12.5. The Bertz CT molecular complexity index is 501. The molecule has 6 heteroatoms. The van der Waals surface area contributed by atoms with E-state index in [1.807, 2.05) is 25.8 Å². The van der Waals surface area contributed by atoms with Crippen LogP contribution < -0.4 is 10.2 Å². The smallest absolute Gasteiger partial charge is 0.169 e. The van der Waals surface area contributed by atoms with Crippen molar-refractivity contribution in [3.8, 4) is 6.07 Å². The molecule has 0 aromatic carbocycles. The number of nitrogens with one attached hydrogen (secondary N) is 1. The molecule has 0 atom stereocenters. The summed E-state index contributed by atoms with van der Waals surface area (Å²) in [4.78, 5) is 4.45. The van der Waals surface area contributed by atoms with Crippen molar-refractivity contribution in [3.05, 3.63) is 16.8 Å². The molecule has 0 aliphatic carbocycles.